The van der Waals surface area contributed by atoms with Gasteiger partial charge in [-0.1, -0.05) is 30.3 Å². The molecule has 1 aliphatic rings. The highest BCUT2D eigenvalue weighted by molar-refractivity contribution is 5.79. The molecule has 174 valence electrons. The number of methoxy groups -OCH3 is 1. The molecule has 2 heterocycles. The Bertz CT molecular complexity index is 1030. The van der Waals surface area contributed by atoms with Crippen LogP contribution in [0.5, 0.6) is 5.75 Å². The van der Waals surface area contributed by atoms with Gasteiger partial charge in [-0.15, -0.1) is 0 Å². The number of benzene rings is 2. The summed E-state index contributed by atoms with van der Waals surface area (Å²) in [6.07, 6.45) is 4.96. The molecule has 0 radical (unpaired) electrons. The van der Waals surface area contributed by atoms with Crippen LogP contribution in [0, 0.1) is 5.92 Å². The van der Waals surface area contributed by atoms with Gasteiger partial charge in [0, 0.05) is 50.3 Å². The van der Waals surface area contributed by atoms with Crippen LogP contribution in [0.1, 0.15) is 24.5 Å². The second-order valence-electron chi connectivity index (χ2n) is 8.35. The first-order valence-electron chi connectivity index (χ1n) is 11.7. The Balaban J connectivity index is 1.34. The third-order valence-electron chi connectivity index (χ3n) is 6.02. The summed E-state index contributed by atoms with van der Waals surface area (Å²) < 4.78 is 7.32. The van der Waals surface area contributed by atoms with Gasteiger partial charge < -0.3 is 20.3 Å². The van der Waals surface area contributed by atoms with Gasteiger partial charge in [0.1, 0.15) is 5.75 Å². The van der Waals surface area contributed by atoms with Crippen molar-refractivity contribution in [1.82, 2.24) is 20.4 Å². The van der Waals surface area contributed by atoms with Crippen LogP contribution in [0.2, 0.25) is 0 Å². The fourth-order valence-electron chi connectivity index (χ4n) is 4.22. The SMILES string of the molecule is CCNC(=NCc1ccccc1Cn1cccn1)NCC1CCN(c2cccc(OC)c2)C1. The second-order valence-corrected chi connectivity index (χ2v) is 8.35. The van der Waals surface area contributed by atoms with Gasteiger partial charge in [0.05, 0.1) is 20.2 Å². The van der Waals surface area contributed by atoms with Gasteiger partial charge >= 0.3 is 0 Å². The first-order chi connectivity index (χ1) is 16.2. The van der Waals surface area contributed by atoms with Crippen molar-refractivity contribution in [3.05, 3.63) is 78.1 Å². The summed E-state index contributed by atoms with van der Waals surface area (Å²) in [5.74, 6) is 2.35. The molecule has 7 nitrogen and oxygen atoms in total. The number of hydrogen-bond acceptors (Lipinski definition) is 4. The molecule has 1 aromatic heterocycles. The number of rotatable bonds is 9. The summed E-state index contributed by atoms with van der Waals surface area (Å²) >= 11 is 0. The van der Waals surface area contributed by atoms with Crippen LogP contribution >= 0.6 is 0 Å². The average Bonchev–Trinajstić information content (AvgIpc) is 3.54. The van der Waals surface area contributed by atoms with Gasteiger partial charge in [0.25, 0.3) is 0 Å². The van der Waals surface area contributed by atoms with E-state index in [0.717, 1.165) is 50.9 Å². The zero-order chi connectivity index (χ0) is 22.9. The van der Waals surface area contributed by atoms with E-state index in [2.05, 4.69) is 70.0 Å². The van der Waals surface area contributed by atoms with Gasteiger partial charge in [-0.2, -0.15) is 5.10 Å². The summed E-state index contributed by atoms with van der Waals surface area (Å²) in [6, 6.07) is 18.7. The maximum atomic E-state index is 5.38. The highest BCUT2D eigenvalue weighted by Crippen LogP contribution is 2.26. The summed E-state index contributed by atoms with van der Waals surface area (Å²) in [5.41, 5.74) is 3.69. The first-order valence-corrected chi connectivity index (χ1v) is 11.7. The van der Waals surface area contributed by atoms with Crippen LogP contribution in [0.4, 0.5) is 5.69 Å². The minimum absolute atomic E-state index is 0.576. The third-order valence-corrected chi connectivity index (χ3v) is 6.02. The lowest BCUT2D eigenvalue weighted by atomic mass is 10.1. The van der Waals surface area contributed by atoms with Crippen molar-refractivity contribution >= 4 is 11.6 Å². The number of hydrogen-bond donors (Lipinski definition) is 2. The minimum Gasteiger partial charge on any atom is -0.497 e. The molecule has 0 amide bonds. The molecule has 0 saturated carbocycles. The first kappa shape index (κ1) is 22.7. The Kier molecular flexibility index (Phi) is 7.85. The van der Waals surface area contributed by atoms with E-state index in [1.807, 2.05) is 29.2 Å². The smallest absolute Gasteiger partial charge is 0.191 e. The molecule has 2 N–H and O–H groups in total. The van der Waals surface area contributed by atoms with E-state index in [0.29, 0.717) is 12.5 Å². The number of aromatic nitrogens is 2. The molecule has 0 aliphatic carbocycles. The van der Waals surface area contributed by atoms with E-state index < -0.39 is 0 Å². The van der Waals surface area contributed by atoms with Gasteiger partial charge in [-0.05, 0) is 48.6 Å². The fourth-order valence-corrected chi connectivity index (χ4v) is 4.22. The van der Waals surface area contributed by atoms with Gasteiger partial charge in [-0.25, -0.2) is 4.99 Å². The van der Waals surface area contributed by atoms with Crippen LogP contribution in [-0.2, 0) is 13.1 Å². The molecule has 0 bridgehead atoms. The Morgan fingerprint density at radius 1 is 1.12 bits per heavy atom. The second kappa shape index (κ2) is 11.4. The van der Waals surface area contributed by atoms with E-state index in [1.54, 1.807) is 7.11 Å². The van der Waals surface area contributed by atoms with Crippen molar-refractivity contribution in [1.29, 1.82) is 0 Å². The van der Waals surface area contributed by atoms with E-state index in [-0.39, 0.29) is 0 Å². The zero-order valence-electron chi connectivity index (χ0n) is 19.6. The maximum absolute atomic E-state index is 5.38. The quantitative estimate of drug-likeness (QED) is 0.389. The van der Waals surface area contributed by atoms with E-state index in [1.165, 1.54) is 16.8 Å². The van der Waals surface area contributed by atoms with Crippen molar-refractivity contribution in [2.24, 2.45) is 10.9 Å². The molecule has 4 rings (SSSR count). The van der Waals surface area contributed by atoms with Crippen molar-refractivity contribution in [2.45, 2.75) is 26.4 Å². The minimum atomic E-state index is 0.576. The number of nitrogens with one attached hydrogen (secondary N) is 2. The zero-order valence-corrected chi connectivity index (χ0v) is 19.6. The molecule has 3 aromatic rings. The molecule has 1 aliphatic heterocycles. The molecule has 7 heteroatoms. The average molecular weight is 447 g/mol. The number of guanidine groups is 1. The number of anilines is 1. The molecular weight excluding hydrogens is 412 g/mol. The normalized spacial score (nSPS) is 16.1. The maximum Gasteiger partial charge on any atom is 0.191 e. The molecule has 2 aromatic carbocycles. The molecular formula is C26H34N6O. The van der Waals surface area contributed by atoms with E-state index >= 15 is 0 Å². The van der Waals surface area contributed by atoms with Crippen LogP contribution in [-0.4, -0.2) is 49.0 Å². The summed E-state index contributed by atoms with van der Waals surface area (Å²) in [7, 11) is 1.72. The Hall–Kier alpha value is -3.48. The molecule has 1 atom stereocenters. The number of nitrogens with zero attached hydrogens (tertiary/aromatic N) is 4. The van der Waals surface area contributed by atoms with E-state index in [4.69, 9.17) is 9.73 Å². The van der Waals surface area contributed by atoms with Gasteiger partial charge in [0.2, 0.25) is 0 Å². The van der Waals surface area contributed by atoms with Crippen LogP contribution in [0.3, 0.4) is 0 Å². The van der Waals surface area contributed by atoms with Crippen molar-refractivity contribution in [3.8, 4) is 5.75 Å². The summed E-state index contributed by atoms with van der Waals surface area (Å²) in [4.78, 5) is 7.30. The lowest BCUT2D eigenvalue weighted by Crippen LogP contribution is -2.40. The lowest BCUT2D eigenvalue weighted by molar-refractivity contribution is 0.415. The van der Waals surface area contributed by atoms with Crippen molar-refractivity contribution in [2.75, 3.05) is 38.2 Å². The third kappa shape index (κ3) is 6.28. The Morgan fingerprint density at radius 3 is 2.79 bits per heavy atom. The molecule has 1 unspecified atom stereocenters. The molecule has 1 fully saturated rings. The fraction of sp³-hybridized carbons (Fsp3) is 0.385. The molecule has 1 saturated heterocycles. The topological polar surface area (TPSA) is 66.7 Å². The monoisotopic (exact) mass is 446 g/mol. The van der Waals surface area contributed by atoms with Crippen LogP contribution < -0.4 is 20.3 Å². The highest BCUT2D eigenvalue weighted by Gasteiger charge is 2.23. The Labute approximate surface area is 196 Å². The Morgan fingerprint density at radius 2 is 2.00 bits per heavy atom. The number of ether oxygens (including phenoxy) is 1. The predicted molar refractivity (Wildman–Crippen MR) is 134 cm³/mol. The standard InChI is InChI=1S/C26H34N6O/c1-3-27-26(29-18-22-8-4-5-9-23(22)20-32-14-7-13-30-32)28-17-21-12-15-31(19-21)24-10-6-11-25(16-24)33-2/h4-11,13-14,16,21H,3,12,15,17-20H2,1-2H3,(H2,27,28,29). The molecule has 0 spiro atoms. The van der Waals surface area contributed by atoms with Crippen molar-refractivity contribution < 1.29 is 4.74 Å². The van der Waals surface area contributed by atoms with Gasteiger partial charge in [-0.3, -0.25) is 4.68 Å². The highest BCUT2D eigenvalue weighted by atomic mass is 16.5. The predicted octanol–water partition coefficient (Wildman–Crippen LogP) is 3.52. The van der Waals surface area contributed by atoms with Crippen molar-refractivity contribution in [3.63, 3.8) is 0 Å². The van der Waals surface area contributed by atoms with Crippen LogP contribution in [0.15, 0.2) is 72.0 Å². The summed E-state index contributed by atoms with van der Waals surface area (Å²) in [6.45, 7) is 7.32. The largest absolute Gasteiger partial charge is 0.497 e. The van der Waals surface area contributed by atoms with Gasteiger partial charge in [0.15, 0.2) is 5.96 Å². The summed E-state index contributed by atoms with van der Waals surface area (Å²) in [5, 5.41) is 11.3. The number of aliphatic imine (C=N–C) groups is 1. The molecule has 33 heavy (non-hydrogen) atoms. The van der Waals surface area contributed by atoms with Crippen LogP contribution in [0.25, 0.3) is 0 Å². The van der Waals surface area contributed by atoms with E-state index in [9.17, 15) is 0 Å². The lowest BCUT2D eigenvalue weighted by Gasteiger charge is -2.20.